The van der Waals surface area contributed by atoms with Gasteiger partial charge in [-0.2, -0.15) is 0 Å². The molecule has 3 heteroatoms. The Hall–Kier alpha value is -1.25. The smallest absolute Gasteiger partial charge is 0.407 e. The van der Waals surface area contributed by atoms with Gasteiger partial charge in [0.25, 0.3) is 0 Å². The number of hydrogen-bond acceptors (Lipinski definition) is 2. The van der Waals surface area contributed by atoms with E-state index in [2.05, 4.69) is 65.9 Å². The lowest BCUT2D eigenvalue weighted by Crippen LogP contribution is -2.51. The molecule has 4 aliphatic rings. The molecule has 0 aromatic carbocycles. The molecule has 0 spiro atoms. The molecule has 37 heavy (non-hydrogen) atoms. The Morgan fingerprint density at radius 3 is 2.57 bits per heavy atom. The molecule has 3 fully saturated rings. The zero-order valence-electron chi connectivity index (χ0n) is 25.2. The minimum absolute atomic E-state index is 0.0290. The monoisotopic (exact) mass is 511 g/mol. The molecule has 1 amide bonds. The highest BCUT2D eigenvalue weighted by molar-refractivity contribution is 5.67. The van der Waals surface area contributed by atoms with Crippen LogP contribution in [0.15, 0.2) is 23.8 Å². The molecule has 8 atom stereocenters. The largest absolute Gasteiger partial charge is 0.446 e. The minimum Gasteiger partial charge on any atom is -0.446 e. The molecule has 210 valence electrons. The van der Waals surface area contributed by atoms with Crippen molar-refractivity contribution in [2.45, 2.75) is 125 Å². The summed E-state index contributed by atoms with van der Waals surface area (Å²) in [6.07, 6.45) is 20.8. The Balaban J connectivity index is 1.36. The number of nitrogens with one attached hydrogen (secondary N) is 1. The van der Waals surface area contributed by atoms with Crippen molar-refractivity contribution in [3.63, 3.8) is 0 Å². The van der Waals surface area contributed by atoms with Crippen LogP contribution in [0.2, 0.25) is 0 Å². The van der Waals surface area contributed by atoms with Gasteiger partial charge in [0.05, 0.1) is 0 Å². The van der Waals surface area contributed by atoms with Crippen LogP contribution >= 0.6 is 0 Å². The Labute approximate surface area is 228 Å². The van der Waals surface area contributed by atoms with Crippen LogP contribution in [0.1, 0.15) is 119 Å². The van der Waals surface area contributed by atoms with Crippen molar-refractivity contribution < 1.29 is 9.53 Å². The van der Waals surface area contributed by atoms with Gasteiger partial charge >= 0.3 is 6.09 Å². The molecule has 0 radical (unpaired) electrons. The van der Waals surface area contributed by atoms with Crippen molar-refractivity contribution in [1.29, 1.82) is 0 Å². The van der Waals surface area contributed by atoms with E-state index in [1.165, 1.54) is 57.8 Å². The first-order valence-corrected chi connectivity index (χ1v) is 15.8. The first-order valence-electron chi connectivity index (χ1n) is 15.8. The van der Waals surface area contributed by atoms with Crippen molar-refractivity contribution in [2.24, 2.45) is 52.3 Å². The van der Waals surface area contributed by atoms with Gasteiger partial charge in [0.15, 0.2) is 0 Å². The van der Waals surface area contributed by atoms with Crippen molar-refractivity contribution in [1.82, 2.24) is 5.32 Å². The van der Waals surface area contributed by atoms with Crippen LogP contribution in [0.4, 0.5) is 4.79 Å². The third-order valence-corrected chi connectivity index (χ3v) is 11.4. The van der Waals surface area contributed by atoms with E-state index >= 15 is 0 Å². The van der Waals surface area contributed by atoms with E-state index in [1.807, 2.05) is 6.08 Å². The summed E-state index contributed by atoms with van der Waals surface area (Å²) in [5.74, 6) is 5.70. The fourth-order valence-corrected chi connectivity index (χ4v) is 9.43. The van der Waals surface area contributed by atoms with Gasteiger partial charge in [-0.1, -0.05) is 91.5 Å². The molecule has 3 saturated carbocycles. The molecule has 4 aliphatic carbocycles. The zero-order chi connectivity index (χ0) is 26.8. The first kappa shape index (κ1) is 28.8. The van der Waals surface area contributed by atoms with E-state index in [1.54, 1.807) is 5.57 Å². The van der Waals surface area contributed by atoms with E-state index in [0.29, 0.717) is 23.3 Å². The molecule has 0 saturated heterocycles. The number of ether oxygens (including phenoxy) is 1. The Kier molecular flexibility index (Phi) is 9.22. The highest BCUT2D eigenvalue weighted by Crippen LogP contribution is 2.67. The maximum atomic E-state index is 12.4. The number of allylic oxidation sites excluding steroid dienone is 2. The number of carbonyl (C=O) groups is 1. The lowest BCUT2D eigenvalue weighted by atomic mass is 9.47. The van der Waals surface area contributed by atoms with Crippen LogP contribution in [-0.2, 0) is 4.74 Å². The van der Waals surface area contributed by atoms with E-state index < -0.39 is 0 Å². The summed E-state index contributed by atoms with van der Waals surface area (Å²) in [5.41, 5.74) is 2.45. The third kappa shape index (κ3) is 6.17. The van der Waals surface area contributed by atoms with Crippen LogP contribution in [0.5, 0.6) is 0 Å². The zero-order valence-corrected chi connectivity index (χ0v) is 25.2. The second-order valence-corrected chi connectivity index (χ2v) is 14.6. The fourth-order valence-electron chi connectivity index (χ4n) is 9.43. The van der Waals surface area contributed by atoms with Gasteiger partial charge in [0.1, 0.15) is 6.10 Å². The van der Waals surface area contributed by atoms with E-state index in [-0.39, 0.29) is 12.2 Å². The average molecular weight is 512 g/mol. The summed E-state index contributed by atoms with van der Waals surface area (Å²) in [4.78, 5) is 12.4. The maximum Gasteiger partial charge on any atom is 0.407 e. The number of hydrogen-bond donors (Lipinski definition) is 1. The first-order chi connectivity index (χ1) is 17.5. The van der Waals surface area contributed by atoms with Gasteiger partial charge in [-0.25, -0.2) is 4.79 Å². The van der Waals surface area contributed by atoms with Gasteiger partial charge in [-0.15, -0.1) is 0 Å². The predicted molar refractivity (Wildman–Crippen MR) is 155 cm³/mol. The molecule has 4 rings (SSSR count). The second-order valence-electron chi connectivity index (χ2n) is 14.6. The highest BCUT2D eigenvalue weighted by atomic mass is 16.6. The molecule has 5 unspecified atom stereocenters. The Morgan fingerprint density at radius 2 is 1.84 bits per heavy atom. The lowest BCUT2D eigenvalue weighted by molar-refractivity contribution is -0.0581. The molecular formula is C34H57NO2. The van der Waals surface area contributed by atoms with E-state index in [9.17, 15) is 4.79 Å². The van der Waals surface area contributed by atoms with Gasteiger partial charge < -0.3 is 10.1 Å². The summed E-state index contributed by atoms with van der Waals surface area (Å²) in [5, 5.41) is 2.91. The van der Waals surface area contributed by atoms with Crippen LogP contribution in [0.3, 0.4) is 0 Å². The van der Waals surface area contributed by atoms with Crippen LogP contribution in [0.25, 0.3) is 0 Å². The SMILES string of the molecule is CC(C)/C=C/CNC(=O)O[C@H]1CCC2(C)C(=CCC3C2CCC2(C)C3CC[C@@H]2[C@H](C)CCCC(C)C)C1. The number of alkyl carbamates (subject to hydrolysis) is 1. The van der Waals surface area contributed by atoms with E-state index in [4.69, 9.17) is 4.74 Å². The summed E-state index contributed by atoms with van der Waals surface area (Å²) in [6, 6.07) is 0. The molecule has 0 heterocycles. The molecule has 0 bridgehead atoms. The van der Waals surface area contributed by atoms with Gasteiger partial charge in [-0.3, -0.25) is 0 Å². The molecule has 3 nitrogen and oxygen atoms in total. The Morgan fingerprint density at radius 1 is 1.05 bits per heavy atom. The predicted octanol–water partition coefficient (Wildman–Crippen LogP) is 9.33. The summed E-state index contributed by atoms with van der Waals surface area (Å²) < 4.78 is 5.88. The number of amides is 1. The number of rotatable bonds is 9. The standard InChI is InChI=1S/C34H57NO2/c1-23(2)10-8-12-25(5)29-15-16-30-28-14-13-26-22-27(37-32(36)35-21-9-11-24(3)4)17-19-33(26,6)31(28)18-20-34(29,30)7/h9,11,13,23-25,27-31H,8,10,12,14-22H2,1-7H3,(H,35,36)/b11-9+/t25-,27+,28?,29-,30?,31?,33?,34?/m1/s1. The molecule has 0 aliphatic heterocycles. The number of carbonyl (C=O) groups excluding carboxylic acids is 1. The normalized spacial score (nSPS) is 38.2. The molecule has 0 aromatic rings. The van der Waals surface area contributed by atoms with Crippen molar-refractivity contribution in [2.75, 3.05) is 6.54 Å². The van der Waals surface area contributed by atoms with Gasteiger partial charge in [-0.05, 0) is 97.2 Å². The molecular weight excluding hydrogens is 454 g/mol. The summed E-state index contributed by atoms with van der Waals surface area (Å²) in [7, 11) is 0. The average Bonchev–Trinajstić information content (AvgIpc) is 3.19. The Bertz CT molecular complexity index is 843. The third-order valence-electron chi connectivity index (χ3n) is 11.4. The maximum absolute atomic E-state index is 12.4. The highest BCUT2D eigenvalue weighted by Gasteiger charge is 2.59. The van der Waals surface area contributed by atoms with Crippen LogP contribution < -0.4 is 5.32 Å². The summed E-state index contributed by atoms with van der Waals surface area (Å²) >= 11 is 0. The summed E-state index contributed by atoms with van der Waals surface area (Å²) in [6.45, 7) is 17.4. The fraction of sp³-hybridized carbons (Fsp3) is 0.853. The van der Waals surface area contributed by atoms with Gasteiger partial charge in [0, 0.05) is 13.0 Å². The van der Waals surface area contributed by atoms with Crippen LogP contribution in [0, 0.1) is 52.3 Å². The number of fused-ring (bicyclic) bond motifs is 5. The minimum atomic E-state index is -0.260. The molecule has 0 aromatic heterocycles. The van der Waals surface area contributed by atoms with Crippen molar-refractivity contribution in [3.8, 4) is 0 Å². The lowest BCUT2D eigenvalue weighted by Gasteiger charge is -2.58. The van der Waals surface area contributed by atoms with Crippen molar-refractivity contribution >= 4 is 6.09 Å². The van der Waals surface area contributed by atoms with E-state index in [0.717, 1.165) is 48.3 Å². The van der Waals surface area contributed by atoms with Crippen molar-refractivity contribution in [3.05, 3.63) is 23.8 Å². The quantitative estimate of drug-likeness (QED) is 0.313. The second kappa shape index (κ2) is 11.9. The topological polar surface area (TPSA) is 38.3 Å². The van der Waals surface area contributed by atoms with Gasteiger partial charge in [0.2, 0.25) is 0 Å². The molecule has 1 N–H and O–H groups in total. The van der Waals surface area contributed by atoms with Crippen LogP contribution in [-0.4, -0.2) is 18.7 Å².